The zero-order chi connectivity index (χ0) is 12.4. The maximum Gasteiger partial charge on any atom is 0.141 e. The summed E-state index contributed by atoms with van der Waals surface area (Å²) in [5.41, 5.74) is 4.29. The lowest BCUT2D eigenvalue weighted by molar-refractivity contribution is 0.598. The first kappa shape index (κ1) is 13.1. The molecule has 3 N–H and O–H groups in total. The van der Waals surface area contributed by atoms with Crippen LogP contribution in [0.1, 0.15) is 17.2 Å². The summed E-state index contributed by atoms with van der Waals surface area (Å²) in [5.74, 6) is 5.15. The molecule has 0 bridgehead atoms. The molecule has 2 heterocycles. The fraction of sp³-hybridized carbons (Fsp3) is 0.100. The molecule has 17 heavy (non-hydrogen) atoms. The van der Waals surface area contributed by atoms with Crippen LogP contribution in [-0.4, -0.2) is 4.98 Å². The van der Waals surface area contributed by atoms with E-state index < -0.39 is 0 Å². The molecule has 3 nitrogen and oxygen atoms in total. The molecule has 0 amide bonds. The van der Waals surface area contributed by atoms with Crippen molar-refractivity contribution in [1.29, 1.82) is 0 Å². The van der Waals surface area contributed by atoms with Crippen molar-refractivity contribution in [1.82, 2.24) is 10.4 Å². The lowest BCUT2D eigenvalue weighted by Crippen LogP contribution is -2.28. The number of thiophene rings is 1. The second kappa shape index (κ2) is 5.53. The van der Waals surface area contributed by atoms with Gasteiger partial charge in [-0.25, -0.2) is 9.82 Å². The number of halogens is 3. The molecular weight excluding hydrogens is 373 g/mol. The van der Waals surface area contributed by atoms with Gasteiger partial charge in [0, 0.05) is 11.8 Å². The van der Waals surface area contributed by atoms with Gasteiger partial charge in [0.05, 0.1) is 19.8 Å². The zero-order valence-electron chi connectivity index (χ0n) is 8.45. The van der Waals surface area contributed by atoms with Crippen LogP contribution >= 0.6 is 43.2 Å². The van der Waals surface area contributed by atoms with Crippen molar-refractivity contribution in [2.75, 3.05) is 0 Å². The van der Waals surface area contributed by atoms with Gasteiger partial charge < -0.3 is 0 Å². The van der Waals surface area contributed by atoms with E-state index in [1.54, 1.807) is 6.20 Å². The Bertz CT molecular complexity index is 532. The molecule has 1 unspecified atom stereocenters. The summed E-state index contributed by atoms with van der Waals surface area (Å²) in [6.07, 6.45) is 2.75. The van der Waals surface area contributed by atoms with Crippen molar-refractivity contribution in [3.05, 3.63) is 49.0 Å². The summed E-state index contributed by atoms with van der Waals surface area (Å²) in [5, 5.41) is 0. The minimum atomic E-state index is -0.381. The maximum absolute atomic E-state index is 13.1. The summed E-state index contributed by atoms with van der Waals surface area (Å²) in [7, 11) is 0. The van der Waals surface area contributed by atoms with Gasteiger partial charge in [-0.15, -0.1) is 11.3 Å². The van der Waals surface area contributed by atoms with E-state index >= 15 is 0 Å². The van der Waals surface area contributed by atoms with Gasteiger partial charge in [-0.3, -0.25) is 10.8 Å². The SMILES string of the molecule is NNC(c1cncc(F)c1)c1cc(Br)sc1Br. The lowest BCUT2D eigenvalue weighted by atomic mass is 10.0. The number of nitrogens with zero attached hydrogens (tertiary/aromatic N) is 1. The van der Waals surface area contributed by atoms with Crippen molar-refractivity contribution in [2.24, 2.45) is 5.84 Å². The van der Waals surface area contributed by atoms with Gasteiger partial charge in [0.15, 0.2) is 0 Å². The number of hydrogen-bond donors (Lipinski definition) is 2. The topological polar surface area (TPSA) is 50.9 Å². The molecule has 0 radical (unpaired) electrons. The van der Waals surface area contributed by atoms with Crippen LogP contribution in [0, 0.1) is 5.82 Å². The molecule has 0 aliphatic rings. The number of nitrogens with two attached hydrogens (primary N) is 1. The highest BCUT2D eigenvalue weighted by Gasteiger charge is 2.18. The molecule has 0 aliphatic heterocycles. The first-order valence-corrected chi connectivity index (χ1v) is 7.03. The van der Waals surface area contributed by atoms with Gasteiger partial charge in [0.1, 0.15) is 5.82 Å². The zero-order valence-corrected chi connectivity index (χ0v) is 12.4. The fourth-order valence-electron chi connectivity index (χ4n) is 1.50. The standard InChI is InChI=1S/C10H8Br2FN3S/c11-8-2-7(10(12)17-8)9(16-14)5-1-6(13)4-15-3-5/h1-4,9,16H,14H2. The Morgan fingerprint density at radius 3 is 2.65 bits per heavy atom. The quantitative estimate of drug-likeness (QED) is 0.634. The molecule has 0 spiro atoms. The van der Waals surface area contributed by atoms with Crippen LogP contribution in [0.2, 0.25) is 0 Å². The van der Waals surface area contributed by atoms with E-state index in [1.807, 2.05) is 6.07 Å². The van der Waals surface area contributed by atoms with Crippen LogP contribution in [-0.2, 0) is 0 Å². The molecule has 90 valence electrons. The van der Waals surface area contributed by atoms with Gasteiger partial charge in [0.2, 0.25) is 0 Å². The van der Waals surface area contributed by atoms with Crippen LogP contribution in [0.25, 0.3) is 0 Å². The van der Waals surface area contributed by atoms with E-state index in [9.17, 15) is 4.39 Å². The molecule has 0 aliphatic carbocycles. The smallest absolute Gasteiger partial charge is 0.141 e. The second-order valence-electron chi connectivity index (χ2n) is 3.32. The molecule has 7 heteroatoms. The average Bonchev–Trinajstić information content (AvgIpc) is 2.59. The van der Waals surface area contributed by atoms with Crippen LogP contribution in [0.5, 0.6) is 0 Å². The van der Waals surface area contributed by atoms with E-state index in [4.69, 9.17) is 5.84 Å². The molecule has 0 saturated carbocycles. The molecule has 0 saturated heterocycles. The van der Waals surface area contributed by atoms with E-state index in [-0.39, 0.29) is 11.9 Å². The van der Waals surface area contributed by atoms with Crippen LogP contribution in [0.3, 0.4) is 0 Å². The normalized spacial score (nSPS) is 12.7. The Hall–Kier alpha value is -0.340. The average molecular weight is 381 g/mol. The Morgan fingerprint density at radius 1 is 1.35 bits per heavy atom. The van der Waals surface area contributed by atoms with E-state index in [1.165, 1.54) is 17.4 Å². The molecule has 2 rings (SSSR count). The highest BCUT2D eigenvalue weighted by molar-refractivity contribution is 9.12. The van der Waals surface area contributed by atoms with Crippen molar-refractivity contribution in [3.8, 4) is 0 Å². The highest BCUT2D eigenvalue weighted by atomic mass is 79.9. The number of hydrogen-bond acceptors (Lipinski definition) is 4. The molecule has 1 atom stereocenters. The number of hydrazine groups is 1. The van der Waals surface area contributed by atoms with Crippen molar-refractivity contribution in [2.45, 2.75) is 6.04 Å². The third-order valence-corrected chi connectivity index (χ3v) is 4.61. The number of nitrogens with one attached hydrogen (secondary N) is 1. The predicted octanol–water partition coefficient (Wildman–Crippen LogP) is 3.36. The van der Waals surface area contributed by atoms with Gasteiger partial charge >= 0.3 is 0 Å². The van der Waals surface area contributed by atoms with Crippen LogP contribution < -0.4 is 11.3 Å². The first-order chi connectivity index (χ1) is 8.11. The van der Waals surface area contributed by atoms with Crippen molar-refractivity contribution in [3.63, 3.8) is 0 Å². The number of aromatic nitrogens is 1. The summed E-state index contributed by atoms with van der Waals surface area (Å²) < 4.78 is 15.1. The molecule has 2 aromatic heterocycles. The fourth-order valence-corrected chi connectivity index (χ4v) is 4.40. The molecule has 0 fully saturated rings. The van der Waals surface area contributed by atoms with Crippen molar-refractivity contribution < 1.29 is 4.39 Å². The Morgan fingerprint density at radius 2 is 2.12 bits per heavy atom. The molecular formula is C10H8Br2FN3S. The monoisotopic (exact) mass is 379 g/mol. The van der Waals surface area contributed by atoms with E-state index in [2.05, 4.69) is 42.3 Å². The van der Waals surface area contributed by atoms with Gasteiger partial charge in [0.25, 0.3) is 0 Å². The Labute approximate surface area is 118 Å². The highest BCUT2D eigenvalue weighted by Crippen LogP contribution is 2.37. The molecule has 0 aromatic carbocycles. The summed E-state index contributed by atoms with van der Waals surface area (Å²) in [6.45, 7) is 0. The van der Waals surface area contributed by atoms with Crippen LogP contribution in [0.15, 0.2) is 32.1 Å². The number of pyridine rings is 1. The van der Waals surface area contributed by atoms with E-state index in [0.29, 0.717) is 5.56 Å². The van der Waals surface area contributed by atoms with Gasteiger partial charge in [-0.2, -0.15) is 0 Å². The third kappa shape index (κ3) is 2.92. The second-order valence-corrected chi connectivity index (χ2v) is 7.07. The first-order valence-electron chi connectivity index (χ1n) is 4.63. The summed E-state index contributed by atoms with van der Waals surface area (Å²) >= 11 is 8.39. The minimum Gasteiger partial charge on any atom is -0.271 e. The van der Waals surface area contributed by atoms with Crippen molar-refractivity contribution >= 4 is 43.2 Å². The molecule has 2 aromatic rings. The largest absolute Gasteiger partial charge is 0.271 e. The number of rotatable bonds is 3. The maximum atomic E-state index is 13.1. The third-order valence-electron chi connectivity index (χ3n) is 2.22. The minimum absolute atomic E-state index is 0.296. The van der Waals surface area contributed by atoms with Crippen LogP contribution in [0.4, 0.5) is 4.39 Å². The van der Waals surface area contributed by atoms with E-state index in [0.717, 1.165) is 19.3 Å². The Balaban J connectivity index is 2.43. The summed E-state index contributed by atoms with van der Waals surface area (Å²) in [6, 6.07) is 3.05. The Kier molecular flexibility index (Phi) is 4.26. The lowest BCUT2D eigenvalue weighted by Gasteiger charge is -2.15. The van der Waals surface area contributed by atoms with Gasteiger partial charge in [-0.05, 0) is 49.6 Å². The predicted molar refractivity (Wildman–Crippen MR) is 73.1 cm³/mol. The summed E-state index contributed by atoms with van der Waals surface area (Å²) in [4.78, 5) is 3.82. The van der Waals surface area contributed by atoms with Gasteiger partial charge in [-0.1, -0.05) is 0 Å².